The maximum Gasteiger partial charge on any atom is 0.224 e. The Hall–Kier alpha value is -1.09. The van der Waals surface area contributed by atoms with E-state index in [1.165, 1.54) is 6.20 Å². The first kappa shape index (κ1) is 16.3. The molecule has 0 saturated carbocycles. The van der Waals surface area contributed by atoms with E-state index in [1.807, 2.05) is 0 Å². The van der Waals surface area contributed by atoms with Crippen molar-refractivity contribution >= 4 is 38.9 Å². The fourth-order valence-electron chi connectivity index (χ4n) is 1.76. The van der Waals surface area contributed by atoms with Crippen LogP contribution in [0.4, 0.5) is 5.82 Å². The van der Waals surface area contributed by atoms with E-state index >= 15 is 0 Å². The maximum absolute atomic E-state index is 12.4. The molecule has 0 radical (unpaired) electrons. The predicted molar refractivity (Wildman–Crippen MR) is 82.5 cm³/mol. The van der Waals surface area contributed by atoms with Crippen LogP contribution in [0, 0.1) is 0 Å². The molecular formula is C11H15Cl2N5O2S. The van der Waals surface area contributed by atoms with Crippen LogP contribution in [0.5, 0.6) is 0 Å². The largest absolute Gasteiger partial charge is 0.339 e. The van der Waals surface area contributed by atoms with Crippen LogP contribution in [0.25, 0.3) is 0 Å². The number of sulfone groups is 1. The lowest BCUT2D eigenvalue weighted by Crippen LogP contribution is -2.43. The zero-order valence-electron chi connectivity index (χ0n) is 11.6. The third-order valence-electron chi connectivity index (χ3n) is 2.90. The fraction of sp³-hybridized carbons (Fsp3) is 0.455. The molecule has 1 unspecified atom stereocenters. The molecule has 2 rings (SSSR count). The topological polar surface area (TPSA) is 87.2 Å². The van der Waals surface area contributed by atoms with Crippen LogP contribution in [0.1, 0.15) is 13.8 Å². The number of hydrazine groups is 1. The molecule has 10 heteroatoms. The minimum absolute atomic E-state index is 0.0186. The molecule has 0 saturated heterocycles. The lowest BCUT2D eigenvalue weighted by molar-refractivity contribution is 0.356. The van der Waals surface area contributed by atoms with Crippen molar-refractivity contribution in [3.05, 3.63) is 28.4 Å². The maximum atomic E-state index is 12.4. The summed E-state index contributed by atoms with van der Waals surface area (Å²) in [6.45, 7) is 3.25. The molecule has 0 aliphatic carbocycles. The van der Waals surface area contributed by atoms with E-state index in [2.05, 4.69) is 20.7 Å². The quantitative estimate of drug-likeness (QED) is 0.797. The summed E-state index contributed by atoms with van der Waals surface area (Å²) >= 11 is 11.7. The molecular weight excluding hydrogens is 337 g/mol. The molecule has 7 nitrogen and oxygen atoms in total. The van der Waals surface area contributed by atoms with Crippen LogP contribution in [-0.2, 0) is 9.84 Å². The summed E-state index contributed by atoms with van der Waals surface area (Å²) in [6, 6.07) is 0. The van der Waals surface area contributed by atoms with Crippen LogP contribution in [0.15, 0.2) is 18.1 Å². The summed E-state index contributed by atoms with van der Waals surface area (Å²) in [5, 5.41) is 3.30. The first-order chi connectivity index (χ1) is 9.71. The first-order valence-corrected chi connectivity index (χ1v) is 8.47. The van der Waals surface area contributed by atoms with Gasteiger partial charge < -0.3 is 10.3 Å². The third-order valence-corrected chi connectivity index (χ3v) is 5.69. The highest BCUT2D eigenvalue weighted by Crippen LogP contribution is 2.26. The minimum Gasteiger partial charge on any atom is -0.339 e. The molecule has 21 heavy (non-hydrogen) atoms. The highest BCUT2D eigenvalue weighted by molar-refractivity contribution is 7.92. The lowest BCUT2D eigenvalue weighted by Gasteiger charge is -2.20. The number of rotatable bonds is 4. The zero-order chi connectivity index (χ0) is 15.8. The molecule has 2 heterocycles. The van der Waals surface area contributed by atoms with Crippen molar-refractivity contribution < 1.29 is 8.42 Å². The van der Waals surface area contributed by atoms with E-state index in [4.69, 9.17) is 23.2 Å². The predicted octanol–water partition coefficient (Wildman–Crippen LogP) is 1.64. The Kier molecular flexibility index (Phi) is 4.62. The number of aromatic nitrogens is 2. The van der Waals surface area contributed by atoms with Gasteiger partial charge in [0.25, 0.3) is 0 Å². The van der Waals surface area contributed by atoms with E-state index < -0.39 is 20.5 Å². The third kappa shape index (κ3) is 3.39. The van der Waals surface area contributed by atoms with Gasteiger partial charge in [-0.25, -0.2) is 18.8 Å². The van der Waals surface area contributed by atoms with Gasteiger partial charge in [-0.05, 0) is 25.4 Å². The van der Waals surface area contributed by atoms with Gasteiger partial charge >= 0.3 is 0 Å². The monoisotopic (exact) mass is 351 g/mol. The van der Waals surface area contributed by atoms with Crippen LogP contribution >= 0.6 is 23.2 Å². The Morgan fingerprint density at radius 3 is 2.71 bits per heavy atom. The Bertz CT molecular complexity index is 677. The van der Waals surface area contributed by atoms with E-state index in [9.17, 15) is 8.42 Å². The number of nitrogens with one attached hydrogen (secondary N) is 2. The van der Waals surface area contributed by atoms with Crippen molar-refractivity contribution in [1.82, 2.24) is 20.4 Å². The molecule has 1 aliphatic rings. The second-order valence-electron chi connectivity index (χ2n) is 4.80. The van der Waals surface area contributed by atoms with Gasteiger partial charge in [-0.1, -0.05) is 11.6 Å². The van der Waals surface area contributed by atoms with Crippen molar-refractivity contribution in [2.75, 3.05) is 12.4 Å². The molecule has 1 atom stereocenters. The number of nitrogens with zero attached hydrogens (tertiary/aromatic N) is 3. The second-order valence-corrected chi connectivity index (χ2v) is 8.14. The van der Waals surface area contributed by atoms with Crippen LogP contribution < -0.4 is 10.7 Å². The Balaban J connectivity index is 2.33. The van der Waals surface area contributed by atoms with Gasteiger partial charge in [0.2, 0.25) is 5.28 Å². The number of halogens is 2. The smallest absolute Gasteiger partial charge is 0.224 e. The van der Waals surface area contributed by atoms with E-state index in [0.717, 1.165) is 0 Å². The summed E-state index contributed by atoms with van der Waals surface area (Å²) in [4.78, 5) is 7.70. The molecule has 116 valence electrons. The van der Waals surface area contributed by atoms with Gasteiger partial charge in [-0.3, -0.25) is 0 Å². The van der Waals surface area contributed by atoms with Gasteiger partial charge in [0.15, 0.2) is 21.0 Å². The standard InChI is InChI=1S/C11H15Cl2N5O2S/c1-6(2)21(19,20)10-8(5-18(3)17-10)15-9-7(12)4-14-11(13)16-9/h4-6,10,17H,1-3H3,(H,14,15,16). The van der Waals surface area contributed by atoms with Crippen LogP contribution in [-0.4, -0.2) is 41.1 Å². The molecule has 0 bridgehead atoms. The van der Waals surface area contributed by atoms with Gasteiger partial charge in [0.1, 0.15) is 5.02 Å². The molecule has 0 spiro atoms. The van der Waals surface area contributed by atoms with Crippen molar-refractivity contribution in [2.45, 2.75) is 24.5 Å². The van der Waals surface area contributed by atoms with Crippen LogP contribution in [0.3, 0.4) is 0 Å². The summed E-state index contributed by atoms with van der Waals surface area (Å²) < 4.78 is 24.7. The average Bonchev–Trinajstić information content (AvgIpc) is 2.75. The van der Waals surface area contributed by atoms with E-state index in [0.29, 0.717) is 5.70 Å². The van der Waals surface area contributed by atoms with Gasteiger partial charge in [-0.2, -0.15) is 4.98 Å². The normalized spacial score (nSPS) is 19.0. The summed E-state index contributed by atoms with van der Waals surface area (Å²) in [5.41, 5.74) is 3.27. The second kappa shape index (κ2) is 5.96. The molecule has 1 aromatic rings. The lowest BCUT2D eigenvalue weighted by atomic mass is 10.4. The average molecular weight is 352 g/mol. The number of anilines is 1. The van der Waals surface area contributed by atoms with Crippen molar-refractivity contribution in [1.29, 1.82) is 0 Å². The molecule has 1 aromatic heterocycles. The fourth-order valence-corrected chi connectivity index (χ4v) is 3.36. The molecule has 0 aromatic carbocycles. The Morgan fingerprint density at radius 1 is 1.43 bits per heavy atom. The van der Waals surface area contributed by atoms with Crippen molar-refractivity contribution in [2.24, 2.45) is 0 Å². The SMILES string of the molecule is CC(C)S(=O)(=O)C1NN(C)C=C1Nc1nc(Cl)ncc1Cl. The summed E-state index contributed by atoms with van der Waals surface area (Å²) in [6.07, 6.45) is 2.97. The highest BCUT2D eigenvalue weighted by atomic mass is 35.5. The van der Waals surface area contributed by atoms with Gasteiger partial charge in [0.05, 0.1) is 17.1 Å². The zero-order valence-corrected chi connectivity index (χ0v) is 14.0. The molecule has 1 aliphatic heterocycles. The van der Waals surface area contributed by atoms with E-state index in [1.54, 1.807) is 32.1 Å². The van der Waals surface area contributed by atoms with E-state index in [-0.39, 0.29) is 16.1 Å². The summed E-state index contributed by atoms with van der Waals surface area (Å²) in [5.74, 6) is 0.254. The van der Waals surface area contributed by atoms with Crippen LogP contribution in [0.2, 0.25) is 10.3 Å². The number of hydrogen-bond acceptors (Lipinski definition) is 7. The van der Waals surface area contributed by atoms with Gasteiger partial charge in [0, 0.05) is 13.2 Å². The van der Waals surface area contributed by atoms with Crippen molar-refractivity contribution in [3.63, 3.8) is 0 Å². The van der Waals surface area contributed by atoms with Crippen molar-refractivity contribution in [3.8, 4) is 0 Å². The Morgan fingerprint density at radius 2 is 2.10 bits per heavy atom. The number of hydrogen-bond donors (Lipinski definition) is 2. The Labute approximate surface area is 133 Å². The molecule has 2 N–H and O–H groups in total. The van der Waals surface area contributed by atoms with Gasteiger partial charge in [-0.15, -0.1) is 0 Å². The molecule has 0 fully saturated rings. The minimum atomic E-state index is -3.40. The summed E-state index contributed by atoms with van der Waals surface area (Å²) in [7, 11) is -1.70. The molecule has 0 amide bonds. The highest BCUT2D eigenvalue weighted by Gasteiger charge is 2.36. The first-order valence-electron chi connectivity index (χ1n) is 6.10.